The average Bonchev–Trinajstić information content (AvgIpc) is 2.88. The molecule has 100 valence electrons. The molecule has 2 aromatic rings. The largest absolute Gasteiger partial charge is 0.342 e. The second kappa shape index (κ2) is 6.10. The van der Waals surface area contributed by atoms with E-state index in [0.717, 1.165) is 36.5 Å². The van der Waals surface area contributed by atoms with Crippen LogP contribution in [-0.2, 0) is 6.42 Å². The summed E-state index contributed by atoms with van der Waals surface area (Å²) in [5.41, 5.74) is 1.88. The third kappa shape index (κ3) is 3.38. The van der Waals surface area contributed by atoms with Crippen LogP contribution < -0.4 is 5.32 Å². The topological polar surface area (TPSA) is 83.8 Å². The minimum atomic E-state index is -0.403. The van der Waals surface area contributed by atoms with E-state index >= 15 is 0 Å². The quantitative estimate of drug-likeness (QED) is 0.473. The molecule has 0 radical (unpaired) electrons. The summed E-state index contributed by atoms with van der Waals surface area (Å²) in [5.74, 6) is 0.934. The minimum absolute atomic E-state index is 0.0949. The Bertz CT molecular complexity index is 548. The number of benzene rings is 1. The van der Waals surface area contributed by atoms with Crippen molar-refractivity contribution >= 4 is 5.69 Å². The molecular formula is C13H16N4O2. The van der Waals surface area contributed by atoms with Crippen LogP contribution in [0.25, 0.3) is 11.3 Å². The highest BCUT2D eigenvalue weighted by Gasteiger charge is 2.07. The van der Waals surface area contributed by atoms with Crippen molar-refractivity contribution in [3.63, 3.8) is 0 Å². The van der Waals surface area contributed by atoms with Gasteiger partial charge < -0.3 is 10.3 Å². The molecular weight excluding hydrogens is 244 g/mol. The Morgan fingerprint density at radius 2 is 2.11 bits per heavy atom. The molecule has 0 atom stereocenters. The van der Waals surface area contributed by atoms with Crippen molar-refractivity contribution < 1.29 is 4.92 Å². The van der Waals surface area contributed by atoms with Gasteiger partial charge in [-0.3, -0.25) is 10.1 Å². The van der Waals surface area contributed by atoms with Gasteiger partial charge in [-0.1, -0.05) is 0 Å². The maximum Gasteiger partial charge on any atom is 0.269 e. The number of aromatic nitrogens is 2. The minimum Gasteiger partial charge on any atom is -0.342 e. The molecule has 1 aromatic carbocycles. The lowest BCUT2D eigenvalue weighted by Gasteiger charge is -1.98. The number of nitrogens with one attached hydrogen (secondary N) is 2. The summed E-state index contributed by atoms with van der Waals surface area (Å²) in [5, 5.41) is 13.7. The summed E-state index contributed by atoms with van der Waals surface area (Å²) in [7, 11) is 1.92. The highest BCUT2D eigenvalue weighted by Crippen LogP contribution is 2.20. The first kappa shape index (κ1) is 13.2. The molecule has 6 heteroatoms. The Hall–Kier alpha value is -2.21. The first-order valence-corrected chi connectivity index (χ1v) is 6.14. The molecule has 0 saturated carbocycles. The fourth-order valence-corrected chi connectivity index (χ4v) is 1.83. The molecule has 0 aliphatic carbocycles. The summed E-state index contributed by atoms with van der Waals surface area (Å²) in [4.78, 5) is 17.7. The molecule has 0 saturated heterocycles. The molecule has 19 heavy (non-hydrogen) atoms. The molecule has 0 spiro atoms. The Balaban J connectivity index is 2.07. The van der Waals surface area contributed by atoms with Crippen molar-refractivity contribution in [1.29, 1.82) is 0 Å². The number of imidazole rings is 1. The number of rotatable bonds is 6. The molecule has 0 aliphatic heterocycles. The van der Waals surface area contributed by atoms with E-state index in [2.05, 4.69) is 15.3 Å². The van der Waals surface area contributed by atoms with Crippen LogP contribution in [0.3, 0.4) is 0 Å². The van der Waals surface area contributed by atoms with E-state index in [1.54, 1.807) is 18.3 Å². The van der Waals surface area contributed by atoms with Crippen molar-refractivity contribution in [1.82, 2.24) is 15.3 Å². The van der Waals surface area contributed by atoms with Crippen molar-refractivity contribution in [2.45, 2.75) is 12.8 Å². The third-order valence-corrected chi connectivity index (χ3v) is 2.86. The van der Waals surface area contributed by atoms with Crippen LogP contribution in [0.2, 0.25) is 0 Å². The molecule has 0 amide bonds. The molecule has 1 aromatic heterocycles. The zero-order chi connectivity index (χ0) is 13.7. The van der Waals surface area contributed by atoms with Gasteiger partial charge in [0.15, 0.2) is 0 Å². The Labute approximate surface area is 111 Å². The van der Waals surface area contributed by atoms with Crippen molar-refractivity contribution in [3.05, 3.63) is 46.4 Å². The standard InChI is InChI=1S/C13H16N4O2/c1-14-8-2-3-13-15-9-12(16-13)10-4-6-11(7-5-10)17(18)19/h4-7,9,14H,2-3,8H2,1H3,(H,15,16). The summed E-state index contributed by atoms with van der Waals surface area (Å²) in [6.07, 6.45) is 3.66. The van der Waals surface area contributed by atoms with Gasteiger partial charge in [-0.25, -0.2) is 4.98 Å². The predicted molar refractivity (Wildman–Crippen MR) is 72.9 cm³/mol. The van der Waals surface area contributed by atoms with Crippen LogP contribution in [0.1, 0.15) is 12.2 Å². The first-order chi connectivity index (χ1) is 9.20. The molecule has 0 fully saturated rings. The van der Waals surface area contributed by atoms with Crippen LogP contribution in [0, 0.1) is 10.1 Å². The SMILES string of the molecule is CNCCCc1ncc(-c2ccc([N+](=O)[O-])cc2)[nH]1. The summed E-state index contributed by atoms with van der Waals surface area (Å²) in [6.45, 7) is 0.952. The summed E-state index contributed by atoms with van der Waals surface area (Å²) >= 11 is 0. The lowest BCUT2D eigenvalue weighted by atomic mass is 10.1. The van der Waals surface area contributed by atoms with E-state index in [1.807, 2.05) is 7.05 Å². The maximum atomic E-state index is 10.6. The molecule has 2 rings (SSSR count). The number of nitro groups is 1. The lowest BCUT2D eigenvalue weighted by Crippen LogP contribution is -2.08. The average molecular weight is 260 g/mol. The molecule has 0 aliphatic rings. The van der Waals surface area contributed by atoms with Crippen molar-refractivity contribution in [2.75, 3.05) is 13.6 Å². The van der Waals surface area contributed by atoms with E-state index in [0.29, 0.717) is 0 Å². The Morgan fingerprint density at radius 1 is 1.37 bits per heavy atom. The van der Waals surface area contributed by atoms with Crippen molar-refractivity contribution in [2.24, 2.45) is 0 Å². The van der Waals surface area contributed by atoms with Gasteiger partial charge in [0.1, 0.15) is 5.82 Å². The van der Waals surface area contributed by atoms with Crippen LogP contribution in [-0.4, -0.2) is 28.5 Å². The smallest absolute Gasteiger partial charge is 0.269 e. The fraction of sp³-hybridized carbons (Fsp3) is 0.308. The number of non-ortho nitro benzene ring substituents is 1. The second-order valence-corrected chi connectivity index (χ2v) is 4.25. The van der Waals surface area contributed by atoms with Gasteiger partial charge in [0.25, 0.3) is 5.69 Å². The van der Waals surface area contributed by atoms with Gasteiger partial charge in [-0.05, 0) is 32.1 Å². The summed E-state index contributed by atoms with van der Waals surface area (Å²) in [6, 6.07) is 6.44. The van der Waals surface area contributed by atoms with Crippen LogP contribution in [0.4, 0.5) is 5.69 Å². The third-order valence-electron chi connectivity index (χ3n) is 2.86. The zero-order valence-corrected chi connectivity index (χ0v) is 10.7. The number of hydrogen-bond acceptors (Lipinski definition) is 4. The number of aromatic amines is 1. The molecule has 0 unspecified atom stereocenters. The molecule has 6 nitrogen and oxygen atoms in total. The maximum absolute atomic E-state index is 10.6. The molecule has 0 bridgehead atoms. The normalized spacial score (nSPS) is 10.6. The zero-order valence-electron chi connectivity index (χ0n) is 10.7. The van der Waals surface area contributed by atoms with Gasteiger partial charge in [0, 0.05) is 24.1 Å². The Kier molecular flexibility index (Phi) is 4.25. The van der Waals surface area contributed by atoms with E-state index in [1.165, 1.54) is 12.1 Å². The van der Waals surface area contributed by atoms with Crippen LogP contribution in [0.15, 0.2) is 30.5 Å². The number of aryl methyl sites for hydroxylation is 1. The monoisotopic (exact) mass is 260 g/mol. The van der Waals surface area contributed by atoms with Gasteiger partial charge in [0.05, 0.1) is 16.8 Å². The van der Waals surface area contributed by atoms with Crippen molar-refractivity contribution in [3.8, 4) is 11.3 Å². The molecule has 1 heterocycles. The van der Waals surface area contributed by atoms with Crippen LogP contribution >= 0.6 is 0 Å². The first-order valence-electron chi connectivity index (χ1n) is 6.14. The lowest BCUT2D eigenvalue weighted by molar-refractivity contribution is -0.384. The number of H-pyrrole nitrogens is 1. The van der Waals surface area contributed by atoms with Gasteiger partial charge in [-0.15, -0.1) is 0 Å². The number of hydrogen-bond donors (Lipinski definition) is 2. The van der Waals surface area contributed by atoms with E-state index in [-0.39, 0.29) is 5.69 Å². The summed E-state index contributed by atoms with van der Waals surface area (Å²) < 4.78 is 0. The van der Waals surface area contributed by atoms with Gasteiger partial charge in [-0.2, -0.15) is 0 Å². The fourth-order valence-electron chi connectivity index (χ4n) is 1.83. The Morgan fingerprint density at radius 3 is 2.74 bits per heavy atom. The number of nitro benzene ring substituents is 1. The van der Waals surface area contributed by atoms with Gasteiger partial charge >= 0.3 is 0 Å². The number of nitrogens with zero attached hydrogens (tertiary/aromatic N) is 2. The van der Waals surface area contributed by atoms with Gasteiger partial charge in [0.2, 0.25) is 0 Å². The highest BCUT2D eigenvalue weighted by atomic mass is 16.6. The van der Waals surface area contributed by atoms with E-state index in [4.69, 9.17) is 0 Å². The van der Waals surface area contributed by atoms with Crippen LogP contribution in [0.5, 0.6) is 0 Å². The predicted octanol–water partition coefficient (Wildman–Crippen LogP) is 2.14. The highest BCUT2D eigenvalue weighted by molar-refractivity contribution is 5.60. The second-order valence-electron chi connectivity index (χ2n) is 4.25. The van der Waals surface area contributed by atoms with E-state index in [9.17, 15) is 10.1 Å². The van der Waals surface area contributed by atoms with E-state index < -0.39 is 4.92 Å². The molecule has 2 N–H and O–H groups in total.